The van der Waals surface area contributed by atoms with Crippen LogP contribution in [0.25, 0.3) is 28.4 Å². The molecule has 7 heteroatoms. The Balaban J connectivity index is 1.90. The SMILES string of the molecule is C=C(/C=C\c1c(C)n([C@H](C)C2CCOCC2)c2cc(-c3c(C)nnn3C)cnc12)C(C)=O. The summed E-state index contributed by atoms with van der Waals surface area (Å²) in [7, 11) is 1.90. The minimum Gasteiger partial charge on any atom is -0.381 e. The standard InChI is InChI=1S/C25H31N5O2/c1-15(19(5)31)7-8-22-18(4)30(17(3)20-9-11-32-12-10-20)23-13-21(14-26-24(22)23)25-16(2)27-28-29(25)6/h7-8,13-14,17,20H,1,9-12H2,2-6H3/b8-7-/t17-/m1/s1. The minimum atomic E-state index is -0.0346. The Morgan fingerprint density at radius 1 is 1.31 bits per heavy atom. The molecule has 1 atom stereocenters. The largest absolute Gasteiger partial charge is 0.381 e. The molecule has 0 aliphatic carbocycles. The number of aryl methyl sites for hydroxylation is 2. The quantitative estimate of drug-likeness (QED) is 0.420. The van der Waals surface area contributed by atoms with Crippen molar-refractivity contribution in [2.45, 2.75) is 46.6 Å². The van der Waals surface area contributed by atoms with Crippen molar-refractivity contribution >= 4 is 22.9 Å². The van der Waals surface area contributed by atoms with Crippen molar-refractivity contribution in [2.24, 2.45) is 13.0 Å². The summed E-state index contributed by atoms with van der Waals surface area (Å²) >= 11 is 0. The van der Waals surface area contributed by atoms with Gasteiger partial charge in [-0.3, -0.25) is 9.78 Å². The van der Waals surface area contributed by atoms with Crippen LogP contribution in [0.2, 0.25) is 0 Å². The van der Waals surface area contributed by atoms with Crippen molar-refractivity contribution in [3.8, 4) is 11.3 Å². The molecular formula is C25H31N5O2. The predicted octanol–water partition coefficient (Wildman–Crippen LogP) is 4.59. The summed E-state index contributed by atoms with van der Waals surface area (Å²) in [4.78, 5) is 16.5. The fraction of sp³-hybridized carbons (Fsp3) is 0.440. The van der Waals surface area contributed by atoms with Gasteiger partial charge in [-0.1, -0.05) is 23.9 Å². The number of ketones is 1. The number of rotatable bonds is 6. The van der Waals surface area contributed by atoms with Gasteiger partial charge in [-0.2, -0.15) is 0 Å². The van der Waals surface area contributed by atoms with E-state index >= 15 is 0 Å². The first kappa shape index (κ1) is 22.1. The number of ether oxygens (including phenoxy) is 1. The Morgan fingerprint density at radius 3 is 2.66 bits per heavy atom. The number of pyridine rings is 1. The monoisotopic (exact) mass is 433 g/mol. The average Bonchev–Trinajstić information content (AvgIpc) is 3.26. The second-order valence-corrected chi connectivity index (χ2v) is 8.71. The fourth-order valence-electron chi connectivity index (χ4n) is 4.75. The van der Waals surface area contributed by atoms with Gasteiger partial charge in [0.1, 0.15) is 0 Å². The Hall–Kier alpha value is -3.06. The lowest BCUT2D eigenvalue weighted by molar-refractivity contribution is -0.113. The molecule has 0 unspecified atom stereocenters. The van der Waals surface area contributed by atoms with Gasteiger partial charge in [0.05, 0.1) is 22.4 Å². The van der Waals surface area contributed by atoms with Crippen LogP contribution in [0, 0.1) is 19.8 Å². The van der Waals surface area contributed by atoms with Gasteiger partial charge < -0.3 is 9.30 Å². The Kier molecular flexibility index (Phi) is 6.11. The van der Waals surface area contributed by atoms with Gasteiger partial charge in [0.2, 0.25) is 0 Å². The molecule has 4 heterocycles. The van der Waals surface area contributed by atoms with Crippen molar-refractivity contribution in [3.05, 3.63) is 47.4 Å². The molecule has 0 aromatic carbocycles. The summed E-state index contributed by atoms with van der Waals surface area (Å²) in [6.45, 7) is 13.4. The molecule has 0 N–H and O–H groups in total. The van der Waals surface area contributed by atoms with Crippen molar-refractivity contribution in [1.29, 1.82) is 0 Å². The Labute approximate surface area is 188 Å². The van der Waals surface area contributed by atoms with E-state index in [1.165, 1.54) is 6.92 Å². The summed E-state index contributed by atoms with van der Waals surface area (Å²) in [6, 6.07) is 2.48. The molecule has 0 amide bonds. The number of carbonyl (C=O) groups excluding carboxylic acids is 1. The number of fused-ring (bicyclic) bond motifs is 1. The molecule has 3 aromatic rings. The highest BCUT2D eigenvalue weighted by Crippen LogP contribution is 2.36. The van der Waals surface area contributed by atoms with E-state index < -0.39 is 0 Å². The van der Waals surface area contributed by atoms with E-state index in [2.05, 4.69) is 41.4 Å². The highest BCUT2D eigenvalue weighted by molar-refractivity contribution is 5.98. The molecular weight excluding hydrogens is 402 g/mol. The first-order chi connectivity index (χ1) is 15.3. The highest BCUT2D eigenvalue weighted by atomic mass is 16.5. The molecule has 1 aliphatic heterocycles. The summed E-state index contributed by atoms with van der Waals surface area (Å²) in [6.07, 6.45) is 7.74. The summed E-state index contributed by atoms with van der Waals surface area (Å²) in [5.41, 5.74) is 7.46. The second-order valence-electron chi connectivity index (χ2n) is 8.71. The predicted molar refractivity (Wildman–Crippen MR) is 126 cm³/mol. The van der Waals surface area contributed by atoms with Crippen LogP contribution in [0.3, 0.4) is 0 Å². The lowest BCUT2D eigenvalue weighted by atomic mass is 9.92. The fourth-order valence-corrected chi connectivity index (χ4v) is 4.75. The van der Waals surface area contributed by atoms with E-state index in [0.29, 0.717) is 17.5 Å². The van der Waals surface area contributed by atoms with Crippen LogP contribution >= 0.6 is 0 Å². The normalized spacial score (nSPS) is 16.2. The molecule has 3 aromatic heterocycles. The third kappa shape index (κ3) is 3.93. The van der Waals surface area contributed by atoms with Crippen LogP contribution in [-0.2, 0) is 16.6 Å². The van der Waals surface area contributed by atoms with E-state index in [0.717, 1.165) is 65.3 Å². The van der Waals surface area contributed by atoms with Crippen LogP contribution in [0.4, 0.5) is 0 Å². The number of hydrogen-bond donors (Lipinski definition) is 0. The molecule has 32 heavy (non-hydrogen) atoms. The molecule has 1 aliphatic rings. The molecule has 168 valence electrons. The number of aromatic nitrogens is 5. The van der Waals surface area contributed by atoms with Crippen LogP contribution < -0.4 is 0 Å². The smallest absolute Gasteiger partial charge is 0.159 e. The molecule has 0 spiro atoms. The van der Waals surface area contributed by atoms with Crippen LogP contribution in [0.5, 0.6) is 0 Å². The maximum absolute atomic E-state index is 11.7. The van der Waals surface area contributed by atoms with E-state index in [1.54, 1.807) is 10.8 Å². The molecule has 0 saturated carbocycles. The van der Waals surface area contributed by atoms with E-state index in [1.807, 2.05) is 26.2 Å². The van der Waals surface area contributed by atoms with E-state index in [-0.39, 0.29) is 5.78 Å². The van der Waals surface area contributed by atoms with Gasteiger partial charge in [-0.05, 0) is 52.5 Å². The lowest BCUT2D eigenvalue weighted by Crippen LogP contribution is -2.24. The zero-order valence-corrected chi connectivity index (χ0v) is 19.6. The molecule has 0 radical (unpaired) electrons. The van der Waals surface area contributed by atoms with Crippen molar-refractivity contribution in [3.63, 3.8) is 0 Å². The van der Waals surface area contributed by atoms with Crippen LogP contribution in [0.1, 0.15) is 49.7 Å². The van der Waals surface area contributed by atoms with Crippen molar-refractivity contribution < 1.29 is 9.53 Å². The lowest BCUT2D eigenvalue weighted by Gasteiger charge is -2.30. The summed E-state index contributed by atoms with van der Waals surface area (Å²) in [5.74, 6) is 0.499. The molecule has 0 bridgehead atoms. The highest BCUT2D eigenvalue weighted by Gasteiger charge is 2.26. The third-order valence-corrected chi connectivity index (χ3v) is 6.66. The maximum atomic E-state index is 11.7. The van der Waals surface area contributed by atoms with Gasteiger partial charge in [0, 0.05) is 54.9 Å². The van der Waals surface area contributed by atoms with Crippen molar-refractivity contribution in [1.82, 2.24) is 24.5 Å². The van der Waals surface area contributed by atoms with Gasteiger partial charge in [0.25, 0.3) is 0 Å². The van der Waals surface area contributed by atoms with Crippen molar-refractivity contribution in [2.75, 3.05) is 13.2 Å². The number of hydrogen-bond acceptors (Lipinski definition) is 5. The molecule has 7 nitrogen and oxygen atoms in total. The van der Waals surface area contributed by atoms with E-state index in [9.17, 15) is 4.79 Å². The first-order valence-electron chi connectivity index (χ1n) is 11.1. The summed E-state index contributed by atoms with van der Waals surface area (Å²) < 4.78 is 9.79. The average molecular weight is 434 g/mol. The number of Topliss-reactive ketones (excluding diaryl/α,β-unsaturated/α-hetero) is 1. The number of allylic oxidation sites excluding steroid dienone is 2. The van der Waals surface area contributed by atoms with Gasteiger partial charge in [-0.15, -0.1) is 5.10 Å². The van der Waals surface area contributed by atoms with Crippen LogP contribution in [0.15, 0.2) is 30.5 Å². The molecule has 1 fully saturated rings. The second kappa shape index (κ2) is 8.82. The molecule has 4 rings (SSSR count). The zero-order chi connectivity index (χ0) is 23.0. The van der Waals surface area contributed by atoms with Gasteiger partial charge >= 0.3 is 0 Å². The number of nitrogens with zero attached hydrogens (tertiary/aromatic N) is 5. The zero-order valence-electron chi connectivity index (χ0n) is 19.6. The Morgan fingerprint density at radius 2 is 2.03 bits per heavy atom. The molecule has 1 saturated heterocycles. The minimum absolute atomic E-state index is 0.0346. The summed E-state index contributed by atoms with van der Waals surface area (Å²) in [5, 5.41) is 8.36. The van der Waals surface area contributed by atoms with E-state index in [4.69, 9.17) is 9.72 Å². The first-order valence-corrected chi connectivity index (χ1v) is 11.1. The van der Waals surface area contributed by atoms with Crippen LogP contribution in [-0.4, -0.2) is 43.5 Å². The third-order valence-electron chi connectivity index (χ3n) is 6.66. The number of carbonyl (C=O) groups is 1. The maximum Gasteiger partial charge on any atom is 0.159 e. The van der Waals surface area contributed by atoms with Gasteiger partial charge in [-0.25, -0.2) is 4.68 Å². The topological polar surface area (TPSA) is 74.8 Å². The van der Waals surface area contributed by atoms with Gasteiger partial charge in [0.15, 0.2) is 5.78 Å². The Bertz CT molecular complexity index is 1190.